The second kappa shape index (κ2) is 7.28. The van der Waals surface area contributed by atoms with Crippen LogP contribution in [-0.4, -0.2) is 27.7 Å². The molecule has 8 heteroatoms. The Hall–Kier alpha value is -2.35. The van der Waals surface area contributed by atoms with Crippen LogP contribution in [0.5, 0.6) is 0 Å². The van der Waals surface area contributed by atoms with E-state index in [4.69, 9.17) is 4.42 Å². The molecular weight excluding hydrogens is 316 g/mol. The Morgan fingerprint density at radius 2 is 2.17 bits per heavy atom. The Bertz CT molecular complexity index is 799. The third-order valence-corrected chi connectivity index (χ3v) is 3.43. The van der Waals surface area contributed by atoms with Crippen LogP contribution in [0.15, 0.2) is 39.2 Å². The number of carbonyl (C=O) groups excluding carboxylic acids is 1. The van der Waals surface area contributed by atoms with Crippen LogP contribution in [0.2, 0.25) is 0 Å². The first-order valence-corrected chi connectivity index (χ1v) is 9.44. The van der Waals surface area contributed by atoms with Gasteiger partial charge in [0.25, 0.3) is 0 Å². The van der Waals surface area contributed by atoms with E-state index in [0.717, 1.165) is 12.2 Å². The Morgan fingerprint density at radius 1 is 1.39 bits per heavy atom. The third kappa shape index (κ3) is 5.74. The number of amides is 2. The SMILES string of the molecule is CCc1cnc(CNC(=O)Nc2cccc(N=S(C)(C)=O)c2)o1. The van der Waals surface area contributed by atoms with E-state index in [1.54, 1.807) is 43.0 Å². The maximum atomic E-state index is 11.9. The highest BCUT2D eigenvalue weighted by molar-refractivity contribution is 7.92. The summed E-state index contributed by atoms with van der Waals surface area (Å²) in [6.07, 6.45) is 5.52. The average molecular weight is 336 g/mol. The van der Waals surface area contributed by atoms with E-state index in [9.17, 15) is 9.00 Å². The van der Waals surface area contributed by atoms with Crippen LogP contribution in [0.25, 0.3) is 0 Å². The fraction of sp³-hybridized carbons (Fsp3) is 0.333. The lowest BCUT2D eigenvalue weighted by Crippen LogP contribution is -2.28. The number of hydrogen-bond donors (Lipinski definition) is 2. The lowest BCUT2D eigenvalue weighted by atomic mass is 10.3. The Morgan fingerprint density at radius 3 is 2.83 bits per heavy atom. The molecule has 0 unspecified atom stereocenters. The molecule has 0 aliphatic rings. The first-order valence-electron chi connectivity index (χ1n) is 7.11. The number of aromatic nitrogens is 1. The molecule has 0 bridgehead atoms. The van der Waals surface area contributed by atoms with E-state index < -0.39 is 9.73 Å². The zero-order valence-corrected chi connectivity index (χ0v) is 14.1. The Labute approximate surface area is 135 Å². The molecule has 0 saturated heterocycles. The molecule has 2 N–H and O–H groups in total. The fourth-order valence-corrected chi connectivity index (χ4v) is 2.44. The first-order chi connectivity index (χ1) is 10.9. The van der Waals surface area contributed by atoms with Crippen molar-refractivity contribution in [2.45, 2.75) is 19.9 Å². The van der Waals surface area contributed by atoms with Gasteiger partial charge in [-0.25, -0.2) is 14.0 Å². The van der Waals surface area contributed by atoms with Crippen molar-refractivity contribution in [3.8, 4) is 0 Å². The highest BCUT2D eigenvalue weighted by atomic mass is 32.2. The van der Waals surface area contributed by atoms with Crippen molar-refractivity contribution in [2.24, 2.45) is 4.36 Å². The number of hydrogen-bond acceptors (Lipinski definition) is 5. The fourth-order valence-electron chi connectivity index (χ4n) is 1.82. The Balaban J connectivity index is 1.95. The molecule has 2 rings (SSSR count). The van der Waals surface area contributed by atoms with Crippen LogP contribution < -0.4 is 10.6 Å². The summed E-state index contributed by atoms with van der Waals surface area (Å²) in [7, 11) is -2.24. The van der Waals surface area contributed by atoms with Crippen LogP contribution >= 0.6 is 0 Å². The zero-order chi connectivity index (χ0) is 16.9. The second-order valence-electron chi connectivity index (χ2n) is 5.20. The molecule has 124 valence electrons. The summed E-state index contributed by atoms with van der Waals surface area (Å²) < 4.78 is 21.2. The maximum Gasteiger partial charge on any atom is 0.319 e. The molecule has 2 aromatic rings. The van der Waals surface area contributed by atoms with Gasteiger partial charge < -0.3 is 15.1 Å². The van der Waals surface area contributed by atoms with Crippen molar-refractivity contribution in [3.05, 3.63) is 42.1 Å². The summed E-state index contributed by atoms with van der Waals surface area (Å²) in [5.41, 5.74) is 1.12. The molecule has 0 aliphatic heterocycles. The predicted molar refractivity (Wildman–Crippen MR) is 90.3 cm³/mol. The third-order valence-electron chi connectivity index (χ3n) is 2.78. The van der Waals surface area contributed by atoms with Gasteiger partial charge >= 0.3 is 6.03 Å². The van der Waals surface area contributed by atoms with Crippen molar-refractivity contribution in [1.29, 1.82) is 0 Å². The van der Waals surface area contributed by atoms with Crippen LogP contribution in [0.4, 0.5) is 16.2 Å². The lowest BCUT2D eigenvalue weighted by Gasteiger charge is -2.07. The van der Waals surface area contributed by atoms with Gasteiger partial charge in [-0.1, -0.05) is 13.0 Å². The zero-order valence-electron chi connectivity index (χ0n) is 13.3. The number of carbonyl (C=O) groups is 1. The van der Waals surface area contributed by atoms with E-state index in [-0.39, 0.29) is 12.6 Å². The normalized spacial score (nSPS) is 11.1. The lowest BCUT2D eigenvalue weighted by molar-refractivity contribution is 0.250. The molecule has 1 aromatic carbocycles. The molecule has 23 heavy (non-hydrogen) atoms. The molecule has 0 spiro atoms. The number of anilines is 1. The van der Waals surface area contributed by atoms with Crippen molar-refractivity contribution in [2.75, 3.05) is 17.8 Å². The topological polar surface area (TPSA) is 96.6 Å². The van der Waals surface area contributed by atoms with Gasteiger partial charge in [0.1, 0.15) is 5.76 Å². The van der Waals surface area contributed by atoms with Gasteiger partial charge in [-0.2, -0.15) is 4.36 Å². The number of nitrogens with zero attached hydrogens (tertiary/aromatic N) is 2. The van der Waals surface area contributed by atoms with E-state index in [1.165, 1.54) is 0 Å². The van der Waals surface area contributed by atoms with Crippen LogP contribution in [0, 0.1) is 0 Å². The maximum absolute atomic E-state index is 11.9. The van der Waals surface area contributed by atoms with E-state index in [0.29, 0.717) is 17.3 Å². The largest absolute Gasteiger partial charge is 0.444 e. The summed E-state index contributed by atoms with van der Waals surface area (Å²) in [4.78, 5) is 15.9. The number of rotatable bonds is 5. The van der Waals surface area contributed by atoms with E-state index >= 15 is 0 Å². The summed E-state index contributed by atoms with van der Waals surface area (Å²) in [5.74, 6) is 1.23. The van der Waals surface area contributed by atoms with Gasteiger partial charge in [-0.15, -0.1) is 0 Å². The highest BCUT2D eigenvalue weighted by Crippen LogP contribution is 2.19. The van der Waals surface area contributed by atoms with E-state index in [1.807, 2.05) is 6.92 Å². The number of nitrogens with one attached hydrogen (secondary N) is 2. The van der Waals surface area contributed by atoms with Crippen LogP contribution in [0.1, 0.15) is 18.6 Å². The second-order valence-corrected chi connectivity index (χ2v) is 7.75. The monoisotopic (exact) mass is 336 g/mol. The predicted octanol–water partition coefficient (Wildman–Crippen LogP) is 2.92. The summed E-state index contributed by atoms with van der Waals surface area (Å²) in [6, 6.07) is 6.47. The van der Waals surface area contributed by atoms with Crippen LogP contribution in [0.3, 0.4) is 0 Å². The summed E-state index contributed by atoms with van der Waals surface area (Å²) in [6.45, 7) is 2.17. The molecular formula is C15H20N4O3S. The van der Waals surface area contributed by atoms with Crippen LogP contribution in [-0.2, 0) is 22.7 Å². The molecule has 1 heterocycles. The molecule has 0 fully saturated rings. The standard InChI is InChI=1S/C15H20N4O3S/c1-4-13-9-16-14(22-13)10-17-15(20)18-11-6-5-7-12(8-11)19-23(2,3)21/h5-9H,4,10H2,1-3H3,(H2,17,18,20). The number of oxazole rings is 1. The number of aryl methyl sites for hydroxylation is 1. The molecule has 2 amide bonds. The molecule has 7 nitrogen and oxygen atoms in total. The smallest absolute Gasteiger partial charge is 0.319 e. The van der Waals surface area contributed by atoms with E-state index in [2.05, 4.69) is 20.0 Å². The quantitative estimate of drug-likeness (QED) is 0.877. The van der Waals surface area contributed by atoms with Gasteiger partial charge in [0.15, 0.2) is 0 Å². The van der Waals surface area contributed by atoms with Crippen molar-refractivity contribution in [3.63, 3.8) is 0 Å². The Kier molecular flexibility index (Phi) is 5.38. The highest BCUT2D eigenvalue weighted by Gasteiger charge is 2.06. The van der Waals surface area contributed by atoms with Gasteiger partial charge in [0, 0.05) is 34.3 Å². The van der Waals surface area contributed by atoms with Crippen molar-refractivity contribution < 1.29 is 13.4 Å². The van der Waals surface area contributed by atoms with Gasteiger partial charge in [-0.05, 0) is 18.2 Å². The summed E-state index contributed by atoms with van der Waals surface area (Å²) >= 11 is 0. The molecule has 0 aliphatic carbocycles. The average Bonchev–Trinajstić information content (AvgIpc) is 2.92. The number of benzene rings is 1. The molecule has 1 aromatic heterocycles. The molecule has 0 atom stereocenters. The minimum absolute atomic E-state index is 0.202. The molecule has 0 radical (unpaired) electrons. The summed E-state index contributed by atoms with van der Waals surface area (Å²) in [5, 5.41) is 5.35. The van der Waals surface area contributed by atoms with Crippen molar-refractivity contribution in [1.82, 2.24) is 10.3 Å². The minimum atomic E-state index is -2.24. The first kappa shape index (κ1) is 17.0. The van der Waals surface area contributed by atoms with Gasteiger partial charge in [0.2, 0.25) is 5.89 Å². The number of urea groups is 1. The van der Waals surface area contributed by atoms with Gasteiger partial charge in [0.05, 0.1) is 18.4 Å². The minimum Gasteiger partial charge on any atom is -0.444 e. The van der Waals surface area contributed by atoms with Gasteiger partial charge in [-0.3, -0.25) is 0 Å². The van der Waals surface area contributed by atoms with Crippen molar-refractivity contribution >= 4 is 27.1 Å². The molecule has 0 saturated carbocycles.